The topological polar surface area (TPSA) is 92.5 Å². The molecule has 2 aromatic rings. The van der Waals surface area contributed by atoms with Crippen LogP contribution in [0, 0.1) is 10.1 Å². The van der Waals surface area contributed by atoms with E-state index in [4.69, 9.17) is 5.11 Å². The van der Waals surface area contributed by atoms with Crippen molar-refractivity contribution in [2.24, 2.45) is 0 Å². The minimum absolute atomic E-state index is 0.0658. The van der Waals surface area contributed by atoms with Gasteiger partial charge in [-0.3, -0.25) is 20.2 Å². The lowest BCUT2D eigenvalue weighted by molar-refractivity contribution is -0.384. The number of hydrogen-bond acceptors (Lipinski definition) is 5. The first-order valence-electron chi connectivity index (χ1n) is 7.31. The lowest BCUT2D eigenvalue weighted by atomic mass is 10.1. The highest BCUT2D eigenvalue weighted by molar-refractivity contribution is 7.15. The van der Waals surface area contributed by atoms with Crippen LogP contribution in [0.3, 0.4) is 0 Å². The lowest BCUT2D eigenvalue weighted by Crippen LogP contribution is -2.35. The summed E-state index contributed by atoms with van der Waals surface area (Å²) < 4.78 is 0. The molecule has 0 saturated carbocycles. The highest BCUT2D eigenvalue weighted by Gasteiger charge is 2.15. The second-order valence-electron chi connectivity index (χ2n) is 5.13. The van der Waals surface area contributed by atoms with E-state index in [1.807, 2.05) is 19.1 Å². The van der Waals surface area contributed by atoms with Gasteiger partial charge in [0.2, 0.25) is 0 Å². The third kappa shape index (κ3) is 4.61. The van der Waals surface area contributed by atoms with Crippen LogP contribution in [0.2, 0.25) is 0 Å². The van der Waals surface area contributed by atoms with Crippen LogP contribution in [-0.4, -0.2) is 22.0 Å². The van der Waals surface area contributed by atoms with Gasteiger partial charge in [0.15, 0.2) is 0 Å². The van der Waals surface area contributed by atoms with Gasteiger partial charge in [0.05, 0.1) is 4.92 Å². The Kier molecular flexibility index (Phi) is 5.84. The molecule has 6 nitrogen and oxygen atoms in total. The monoisotopic (exact) mass is 334 g/mol. The molecule has 0 amide bonds. The summed E-state index contributed by atoms with van der Waals surface area (Å²) in [4.78, 5) is 23.4. The van der Waals surface area contributed by atoms with Gasteiger partial charge in [-0.15, -0.1) is 11.3 Å². The third-order valence-corrected chi connectivity index (χ3v) is 4.56. The number of carboxylic acid groups (broad SMARTS) is 1. The minimum atomic E-state index is -0.834. The summed E-state index contributed by atoms with van der Waals surface area (Å²) in [5.41, 5.74) is 0.978. The average molecular weight is 334 g/mol. The van der Waals surface area contributed by atoms with E-state index in [1.54, 1.807) is 23.5 Å². The molecule has 0 aliphatic carbocycles. The normalized spacial score (nSPS) is 12.0. The first-order chi connectivity index (χ1) is 11.0. The molecule has 0 aliphatic heterocycles. The molecular formula is C16H18N2O4S. The Hall–Kier alpha value is -2.25. The molecule has 0 fully saturated rings. The molecule has 0 radical (unpaired) electrons. The number of nitrogens with one attached hydrogen (secondary N) is 1. The molecule has 2 rings (SSSR count). The van der Waals surface area contributed by atoms with Gasteiger partial charge in [-0.2, -0.15) is 0 Å². The van der Waals surface area contributed by atoms with Crippen molar-refractivity contribution in [3.05, 3.63) is 51.4 Å². The summed E-state index contributed by atoms with van der Waals surface area (Å²) in [6.45, 7) is 2.45. The molecule has 1 unspecified atom stereocenters. The fourth-order valence-corrected chi connectivity index (χ4v) is 3.16. The number of nitrogens with zero attached hydrogens (tertiary/aromatic N) is 1. The molecule has 1 aromatic heterocycles. The molecule has 122 valence electrons. The smallest absolute Gasteiger partial charge is 0.320 e. The molecule has 1 atom stereocenters. The van der Waals surface area contributed by atoms with Crippen LogP contribution < -0.4 is 5.32 Å². The van der Waals surface area contributed by atoms with Crippen LogP contribution in [0.25, 0.3) is 10.4 Å². The van der Waals surface area contributed by atoms with Crippen LogP contribution in [0.5, 0.6) is 0 Å². The van der Waals surface area contributed by atoms with Crippen molar-refractivity contribution < 1.29 is 14.8 Å². The molecule has 2 N–H and O–H groups in total. The standard InChI is InChI=1S/C16H18N2O4S/c1-2-3-14(16(19)20)17-10-13-8-9-15(23-13)11-4-6-12(7-5-11)18(21)22/h4-9,14,17H,2-3,10H2,1H3,(H,19,20). The Bertz CT molecular complexity index is 682. The van der Waals surface area contributed by atoms with Crippen LogP contribution in [0.15, 0.2) is 36.4 Å². The number of carbonyl (C=O) groups is 1. The Balaban J connectivity index is 2.02. The van der Waals surface area contributed by atoms with Crippen LogP contribution >= 0.6 is 11.3 Å². The van der Waals surface area contributed by atoms with Gasteiger partial charge in [0.25, 0.3) is 5.69 Å². The van der Waals surface area contributed by atoms with Crippen LogP contribution in [0.4, 0.5) is 5.69 Å². The number of aliphatic carboxylic acids is 1. The van der Waals surface area contributed by atoms with Gasteiger partial charge in [0.1, 0.15) is 6.04 Å². The predicted octanol–water partition coefficient (Wildman–Crippen LogP) is 3.67. The zero-order valence-electron chi connectivity index (χ0n) is 12.7. The highest BCUT2D eigenvalue weighted by atomic mass is 32.1. The molecule has 0 bridgehead atoms. The van der Waals surface area contributed by atoms with Crippen molar-refractivity contribution >= 4 is 23.0 Å². The van der Waals surface area contributed by atoms with Crippen LogP contribution in [-0.2, 0) is 11.3 Å². The first-order valence-corrected chi connectivity index (χ1v) is 8.12. The number of carboxylic acids is 1. The molecule has 0 saturated heterocycles. The number of non-ortho nitro benzene ring substituents is 1. The van der Waals surface area contributed by atoms with E-state index in [2.05, 4.69) is 5.32 Å². The largest absolute Gasteiger partial charge is 0.480 e. The fourth-order valence-electron chi connectivity index (χ4n) is 2.20. The lowest BCUT2D eigenvalue weighted by Gasteiger charge is -2.12. The third-order valence-electron chi connectivity index (χ3n) is 3.42. The van der Waals surface area contributed by atoms with Gasteiger partial charge in [-0.05, 0) is 36.2 Å². The van der Waals surface area contributed by atoms with Gasteiger partial charge in [0, 0.05) is 28.4 Å². The van der Waals surface area contributed by atoms with E-state index in [9.17, 15) is 14.9 Å². The summed E-state index contributed by atoms with van der Waals surface area (Å²) in [6.07, 6.45) is 1.40. The summed E-state index contributed by atoms with van der Waals surface area (Å²) in [6, 6.07) is 9.75. The number of rotatable bonds is 8. The number of benzene rings is 1. The van der Waals surface area contributed by atoms with Gasteiger partial charge < -0.3 is 5.11 Å². The van der Waals surface area contributed by atoms with E-state index in [0.717, 1.165) is 21.7 Å². The maximum atomic E-state index is 11.1. The SMILES string of the molecule is CCCC(NCc1ccc(-c2ccc([N+](=O)[O-])cc2)s1)C(=O)O. The maximum absolute atomic E-state index is 11.1. The van der Waals surface area contributed by atoms with E-state index < -0.39 is 16.9 Å². The Morgan fingerprint density at radius 1 is 1.30 bits per heavy atom. The minimum Gasteiger partial charge on any atom is -0.480 e. The van der Waals surface area contributed by atoms with Gasteiger partial charge in [-0.1, -0.05) is 13.3 Å². The van der Waals surface area contributed by atoms with Crippen molar-refractivity contribution in [1.82, 2.24) is 5.32 Å². The average Bonchev–Trinajstić information content (AvgIpc) is 3.00. The van der Waals surface area contributed by atoms with Crippen molar-refractivity contribution in [2.45, 2.75) is 32.4 Å². The number of nitro groups is 1. The Labute approximate surface area is 137 Å². The second-order valence-corrected chi connectivity index (χ2v) is 6.30. The summed E-state index contributed by atoms with van der Waals surface area (Å²) in [5.74, 6) is -0.834. The zero-order valence-corrected chi connectivity index (χ0v) is 13.5. The number of nitro benzene ring substituents is 1. The Morgan fingerprint density at radius 2 is 2.00 bits per heavy atom. The first kappa shape index (κ1) is 17.1. The summed E-state index contributed by atoms with van der Waals surface area (Å²) in [5, 5.41) is 22.8. The predicted molar refractivity (Wildman–Crippen MR) is 89.6 cm³/mol. The molecule has 1 aromatic carbocycles. The molecule has 0 spiro atoms. The second kappa shape index (κ2) is 7.85. The maximum Gasteiger partial charge on any atom is 0.320 e. The summed E-state index contributed by atoms with van der Waals surface area (Å²) >= 11 is 1.55. The zero-order chi connectivity index (χ0) is 16.8. The number of thiophene rings is 1. The van der Waals surface area contributed by atoms with E-state index in [1.165, 1.54) is 12.1 Å². The number of hydrogen-bond donors (Lipinski definition) is 2. The van der Waals surface area contributed by atoms with Crippen molar-refractivity contribution in [2.75, 3.05) is 0 Å². The van der Waals surface area contributed by atoms with Gasteiger partial charge in [-0.25, -0.2) is 0 Å². The quantitative estimate of drug-likeness (QED) is 0.567. The van der Waals surface area contributed by atoms with Gasteiger partial charge >= 0.3 is 5.97 Å². The van der Waals surface area contributed by atoms with E-state index >= 15 is 0 Å². The molecule has 7 heteroatoms. The van der Waals surface area contributed by atoms with Crippen LogP contribution in [0.1, 0.15) is 24.6 Å². The summed E-state index contributed by atoms with van der Waals surface area (Å²) in [7, 11) is 0. The molecule has 0 aliphatic rings. The van der Waals surface area contributed by atoms with Crippen molar-refractivity contribution in [3.8, 4) is 10.4 Å². The molecule has 1 heterocycles. The van der Waals surface area contributed by atoms with E-state index in [0.29, 0.717) is 13.0 Å². The Morgan fingerprint density at radius 3 is 2.57 bits per heavy atom. The fraction of sp³-hybridized carbons (Fsp3) is 0.312. The van der Waals surface area contributed by atoms with Crippen molar-refractivity contribution in [3.63, 3.8) is 0 Å². The van der Waals surface area contributed by atoms with E-state index in [-0.39, 0.29) is 5.69 Å². The van der Waals surface area contributed by atoms with Crippen molar-refractivity contribution in [1.29, 1.82) is 0 Å². The molecular weight excluding hydrogens is 316 g/mol. The highest BCUT2D eigenvalue weighted by Crippen LogP contribution is 2.29. The molecule has 23 heavy (non-hydrogen) atoms.